The summed E-state index contributed by atoms with van der Waals surface area (Å²) in [6.07, 6.45) is 6.32. The van der Waals surface area contributed by atoms with Crippen molar-refractivity contribution in [3.8, 4) is 18.1 Å². The van der Waals surface area contributed by atoms with Crippen LogP contribution in [0.4, 0.5) is 11.8 Å². The fourth-order valence-electron chi connectivity index (χ4n) is 4.18. The van der Waals surface area contributed by atoms with Gasteiger partial charge in [0.25, 0.3) is 0 Å². The Labute approximate surface area is 233 Å². The van der Waals surface area contributed by atoms with Gasteiger partial charge in [-0.1, -0.05) is 18.2 Å². The van der Waals surface area contributed by atoms with E-state index in [4.69, 9.17) is 30.7 Å². The predicted octanol–water partition coefficient (Wildman–Crippen LogP) is 3.14. The topological polar surface area (TPSA) is 156 Å². The Kier molecular flexibility index (Phi) is 8.95. The molecule has 3 N–H and O–H groups in total. The molecule has 0 saturated carbocycles. The number of nitrogens with zero attached hydrogens (tertiary/aromatic N) is 5. The van der Waals surface area contributed by atoms with Gasteiger partial charge in [-0.25, -0.2) is 9.55 Å². The molecule has 3 aromatic rings. The number of nitrogens with one attached hydrogen (secondary N) is 1. The molecule has 0 amide bonds. The van der Waals surface area contributed by atoms with Crippen molar-refractivity contribution in [2.45, 2.75) is 51.7 Å². The molecule has 0 spiro atoms. The molecule has 4 rings (SSSR count). The molecule has 0 unspecified atom stereocenters. The van der Waals surface area contributed by atoms with E-state index in [2.05, 4.69) is 26.0 Å². The molecule has 14 heteroatoms. The van der Waals surface area contributed by atoms with Crippen molar-refractivity contribution < 1.29 is 27.9 Å². The van der Waals surface area contributed by atoms with E-state index in [9.17, 15) is 9.36 Å². The van der Waals surface area contributed by atoms with Crippen molar-refractivity contribution in [3.05, 3.63) is 36.7 Å². The number of carbonyl (C=O) groups excluding carboxylic acids is 1. The highest BCUT2D eigenvalue weighted by Gasteiger charge is 2.40. The number of terminal acetylenes is 1. The number of anilines is 2. The summed E-state index contributed by atoms with van der Waals surface area (Å²) < 4.78 is 38.6. The van der Waals surface area contributed by atoms with Crippen molar-refractivity contribution in [1.82, 2.24) is 24.6 Å². The molecular formula is C26H34N7O6P. The number of rotatable bonds is 11. The van der Waals surface area contributed by atoms with Gasteiger partial charge >= 0.3 is 13.7 Å². The van der Waals surface area contributed by atoms with Crippen LogP contribution in [0.2, 0.25) is 0 Å². The smallest absolute Gasteiger partial charge is 0.459 e. The van der Waals surface area contributed by atoms with Crippen LogP contribution in [0, 0.1) is 18.3 Å². The fourth-order valence-corrected chi connectivity index (χ4v) is 5.68. The summed E-state index contributed by atoms with van der Waals surface area (Å²) in [5, 5.41) is 2.67. The second-order valence-electron chi connectivity index (χ2n) is 9.80. The maximum Gasteiger partial charge on any atom is 0.459 e. The molecule has 13 nitrogen and oxygen atoms in total. The van der Waals surface area contributed by atoms with Gasteiger partial charge in [-0.15, -0.1) is 12.3 Å². The number of imidazole rings is 1. The van der Waals surface area contributed by atoms with Crippen molar-refractivity contribution in [1.29, 1.82) is 0 Å². The van der Waals surface area contributed by atoms with E-state index in [0.29, 0.717) is 29.2 Å². The number of hydrogen-bond donors (Lipinski definition) is 2. The Morgan fingerprint density at radius 2 is 2.02 bits per heavy atom. The quantitative estimate of drug-likeness (QED) is 0.197. The molecular weight excluding hydrogens is 537 g/mol. The molecule has 3 heterocycles. The van der Waals surface area contributed by atoms with Gasteiger partial charge in [-0.2, -0.15) is 15.1 Å². The van der Waals surface area contributed by atoms with E-state index in [-0.39, 0.29) is 24.6 Å². The first-order valence-electron chi connectivity index (χ1n) is 12.8. The molecule has 1 aromatic carbocycles. The standard InChI is InChI=1S/C26H34N7O6P/c1-7-18-13-21(33-15-28-22-23(32(5)6)29-26(27)30-24(22)33)38-20(18)14-36-40(35,39-19-11-9-8-10-12-19)31-17(4)25(34)37-16(2)3/h1,8-12,15-18,20-21H,13-14H2,2-6H3,(H,31,35)(H2,27,29,30)/t17-,18+,20+,21+,40-/m0/s1. The van der Waals surface area contributed by atoms with Crippen molar-refractivity contribution >= 4 is 36.6 Å². The van der Waals surface area contributed by atoms with Crippen LogP contribution in [0.5, 0.6) is 5.75 Å². The third-order valence-corrected chi connectivity index (χ3v) is 7.68. The number of nitrogens with two attached hydrogens (primary N) is 1. The second kappa shape index (κ2) is 12.2. The van der Waals surface area contributed by atoms with E-state index in [0.717, 1.165) is 0 Å². The molecule has 1 fully saturated rings. The molecule has 40 heavy (non-hydrogen) atoms. The van der Waals surface area contributed by atoms with Gasteiger partial charge in [0.05, 0.1) is 31.1 Å². The molecule has 2 aromatic heterocycles. The number of ether oxygens (including phenoxy) is 2. The Bertz CT molecular complexity index is 1420. The van der Waals surface area contributed by atoms with Crippen molar-refractivity contribution in [2.24, 2.45) is 5.92 Å². The summed E-state index contributed by atoms with van der Waals surface area (Å²) in [6.45, 7) is 4.78. The third-order valence-electron chi connectivity index (χ3n) is 6.04. The van der Waals surface area contributed by atoms with Crippen molar-refractivity contribution in [3.63, 3.8) is 0 Å². The van der Waals surface area contributed by atoms with E-state index >= 15 is 0 Å². The summed E-state index contributed by atoms with van der Waals surface area (Å²) >= 11 is 0. The lowest BCUT2D eigenvalue weighted by molar-refractivity contribution is -0.149. The van der Waals surface area contributed by atoms with Crippen LogP contribution in [0.1, 0.15) is 33.4 Å². The largest absolute Gasteiger partial charge is 0.462 e. The predicted molar refractivity (Wildman–Crippen MR) is 149 cm³/mol. The van der Waals surface area contributed by atoms with E-state index in [1.807, 2.05) is 14.1 Å². The van der Waals surface area contributed by atoms with Crippen LogP contribution in [0.15, 0.2) is 36.7 Å². The highest BCUT2D eigenvalue weighted by atomic mass is 31.2. The number of carbonyl (C=O) groups is 1. The van der Waals surface area contributed by atoms with Crippen LogP contribution in [-0.2, 0) is 23.4 Å². The highest BCUT2D eigenvalue weighted by molar-refractivity contribution is 7.52. The van der Waals surface area contributed by atoms with E-state index in [1.54, 1.807) is 60.0 Å². The summed E-state index contributed by atoms with van der Waals surface area (Å²) in [5.74, 6) is 2.71. The van der Waals surface area contributed by atoms with Gasteiger partial charge in [0.1, 0.15) is 18.0 Å². The van der Waals surface area contributed by atoms with Crippen LogP contribution < -0.4 is 20.2 Å². The minimum Gasteiger partial charge on any atom is -0.462 e. The molecule has 0 bridgehead atoms. The molecule has 0 radical (unpaired) electrons. The summed E-state index contributed by atoms with van der Waals surface area (Å²) in [7, 11) is -0.419. The SMILES string of the molecule is C#C[C@@H]1C[C@H](n2cnc3c(N(C)C)nc(N)nc32)O[C@@H]1CO[P@@](=O)(N[C@@H](C)C(=O)OC(C)C)Oc1ccccc1. The number of benzene rings is 1. The number of para-hydroxylation sites is 1. The molecule has 214 valence electrons. The van der Waals surface area contributed by atoms with Gasteiger partial charge in [-0.3, -0.25) is 13.9 Å². The molecule has 5 atom stereocenters. The lowest BCUT2D eigenvalue weighted by Gasteiger charge is -2.25. The molecule has 0 aliphatic carbocycles. The fraction of sp³-hybridized carbons (Fsp3) is 0.462. The highest BCUT2D eigenvalue weighted by Crippen LogP contribution is 2.46. The molecule has 1 aliphatic heterocycles. The zero-order valence-corrected chi connectivity index (χ0v) is 23.9. The minimum absolute atomic E-state index is 0.0968. The maximum absolute atomic E-state index is 13.8. The average Bonchev–Trinajstić information content (AvgIpc) is 3.50. The molecule has 1 aliphatic rings. The van der Waals surface area contributed by atoms with Crippen LogP contribution >= 0.6 is 7.75 Å². The first kappa shape index (κ1) is 29.3. The first-order valence-corrected chi connectivity index (χ1v) is 14.3. The lowest BCUT2D eigenvalue weighted by Crippen LogP contribution is -2.37. The Hall–Kier alpha value is -3.69. The number of aromatic nitrogens is 4. The first-order chi connectivity index (χ1) is 19.0. The van der Waals surface area contributed by atoms with Gasteiger partial charge < -0.3 is 24.6 Å². The summed E-state index contributed by atoms with van der Waals surface area (Å²) in [6, 6.07) is 7.51. The minimum atomic E-state index is -4.09. The monoisotopic (exact) mass is 571 g/mol. The second-order valence-corrected chi connectivity index (χ2v) is 11.5. The zero-order chi connectivity index (χ0) is 29.0. The third kappa shape index (κ3) is 6.71. The van der Waals surface area contributed by atoms with Gasteiger partial charge in [-0.05, 0) is 32.9 Å². The summed E-state index contributed by atoms with van der Waals surface area (Å²) in [4.78, 5) is 27.3. The Balaban J connectivity index is 1.53. The number of esters is 1. The van der Waals surface area contributed by atoms with Crippen LogP contribution in [0.25, 0.3) is 11.2 Å². The average molecular weight is 572 g/mol. The number of nitrogen functional groups attached to an aromatic ring is 1. The number of fused-ring (bicyclic) bond motifs is 1. The Morgan fingerprint density at radius 1 is 1.30 bits per heavy atom. The van der Waals surface area contributed by atoms with Crippen LogP contribution in [-0.4, -0.2) is 64.4 Å². The van der Waals surface area contributed by atoms with E-state index in [1.165, 1.54) is 6.92 Å². The van der Waals surface area contributed by atoms with Crippen molar-refractivity contribution in [2.75, 3.05) is 31.3 Å². The zero-order valence-electron chi connectivity index (χ0n) is 23.1. The molecule has 1 saturated heterocycles. The van der Waals surface area contributed by atoms with Gasteiger partial charge in [0.15, 0.2) is 17.0 Å². The summed E-state index contributed by atoms with van der Waals surface area (Å²) in [5.41, 5.74) is 7.01. The van der Waals surface area contributed by atoms with Gasteiger partial charge in [0, 0.05) is 20.5 Å². The van der Waals surface area contributed by atoms with Gasteiger partial charge in [0.2, 0.25) is 5.95 Å². The Morgan fingerprint density at radius 3 is 2.67 bits per heavy atom. The van der Waals surface area contributed by atoms with Crippen LogP contribution in [0.3, 0.4) is 0 Å². The van der Waals surface area contributed by atoms with E-state index < -0.39 is 32.1 Å². The normalized spacial score (nSPS) is 21.1. The maximum atomic E-state index is 13.8. The lowest BCUT2D eigenvalue weighted by atomic mass is 10.0. The number of hydrogen-bond acceptors (Lipinski definition) is 11.